The van der Waals surface area contributed by atoms with Crippen molar-refractivity contribution in [2.45, 2.75) is 26.7 Å². The summed E-state index contributed by atoms with van der Waals surface area (Å²) in [6.45, 7) is 3.84. The van der Waals surface area contributed by atoms with Gasteiger partial charge in [0.1, 0.15) is 0 Å². The van der Waals surface area contributed by atoms with Crippen molar-refractivity contribution in [2.24, 2.45) is 5.10 Å². The summed E-state index contributed by atoms with van der Waals surface area (Å²) in [5.74, 6) is -0.305. The summed E-state index contributed by atoms with van der Waals surface area (Å²) in [6.07, 6.45) is 1.38. The van der Waals surface area contributed by atoms with E-state index in [1.165, 1.54) is 4.68 Å². The highest BCUT2D eigenvalue weighted by atomic mass is 16.2. The zero-order valence-corrected chi connectivity index (χ0v) is 15.4. The molecule has 1 heterocycles. The number of amides is 1. The van der Waals surface area contributed by atoms with Crippen molar-refractivity contribution in [2.75, 3.05) is 0 Å². The van der Waals surface area contributed by atoms with Crippen molar-refractivity contribution in [3.05, 3.63) is 87.8 Å². The molecule has 2 N–H and O–H groups in total. The molecule has 2 aromatic carbocycles. The van der Waals surface area contributed by atoms with Crippen molar-refractivity contribution in [3.63, 3.8) is 0 Å². The smallest absolute Gasteiger partial charge is 0.280 e. The first-order valence-corrected chi connectivity index (χ1v) is 8.91. The van der Waals surface area contributed by atoms with Gasteiger partial charge < -0.3 is 0 Å². The summed E-state index contributed by atoms with van der Waals surface area (Å²) in [4.78, 5) is 25.2. The normalized spacial score (nSPS) is 11.4. The number of hydrazone groups is 1. The Balaban J connectivity index is 1.95. The Morgan fingerprint density at radius 2 is 1.70 bits per heavy atom. The Labute approximate surface area is 157 Å². The highest BCUT2D eigenvalue weighted by Crippen LogP contribution is 2.10. The molecule has 1 aromatic heterocycles. The minimum Gasteiger partial charge on any atom is -0.295 e. The highest BCUT2D eigenvalue weighted by Gasteiger charge is 2.18. The Kier molecular flexibility index (Phi) is 5.66. The Hall–Kier alpha value is -3.41. The van der Waals surface area contributed by atoms with E-state index < -0.39 is 0 Å². The fourth-order valence-electron chi connectivity index (χ4n) is 2.89. The van der Waals surface area contributed by atoms with Gasteiger partial charge in [0, 0.05) is 11.3 Å². The second-order valence-corrected chi connectivity index (χ2v) is 6.20. The van der Waals surface area contributed by atoms with Crippen molar-refractivity contribution in [1.29, 1.82) is 0 Å². The lowest BCUT2D eigenvalue weighted by Crippen LogP contribution is -2.24. The summed E-state index contributed by atoms with van der Waals surface area (Å²) >= 11 is 0. The van der Waals surface area contributed by atoms with Crippen molar-refractivity contribution >= 4 is 11.6 Å². The molecule has 0 aliphatic heterocycles. The number of aromatic nitrogens is 2. The summed E-state index contributed by atoms with van der Waals surface area (Å²) in [5, 5.41) is 7.37. The molecule has 3 aromatic rings. The first-order chi connectivity index (χ1) is 13.1. The fraction of sp³-hybridized carbons (Fsp3) is 0.190. The molecular formula is C21H22N4O2. The quantitative estimate of drug-likeness (QED) is 0.521. The Morgan fingerprint density at radius 3 is 2.33 bits per heavy atom. The molecule has 1 amide bonds. The fourth-order valence-corrected chi connectivity index (χ4v) is 2.89. The first-order valence-electron chi connectivity index (χ1n) is 8.91. The molecule has 0 saturated heterocycles. The van der Waals surface area contributed by atoms with E-state index in [0.29, 0.717) is 29.0 Å². The molecule has 0 radical (unpaired) electrons. The number of benzene rings is 2. The Bertz CT molecular complexity index is 1000. The van der Waals surface area contributed by atoms with Crippen molar-refractivity contribution in [3.8, 4) is 5.69 Å². The zero-order chi connectivity index (χ0) is 19.2. The van der Waals surface area contributed by atoms with E-state index in [9.17, 15) is 9.59 Å². The predicted octanol–water partition coefficient (Wildman–Crippen LogP) is 3.41. The molecule has 138 valence electrons. The van der Waals surface area contributed by atoms with Crippen LogP contribution in [0.15, 0.2) is 70.6 Å². The highest BCUT2D eigenvalue weighted by molar-refractivity contribution is 6.02. The number of aryl methyl sites for hydroxylation is 1. The number of nitrogens with zero attached hydrogens (tertiary/aromatic N) is 2. The van der Waals surface area contributed by atoms with Crippen LogP contribution in [0.25, 0.3) is 5.69 Å². The topological polar surface area (TPSA) is 79.2 Å². The molecule has 0 bridgehead atoms. The van der Waals surface area contributed by atoms with E-state index in [1.807, 2.05) is 50.2 Å². The lowest BCUT2D eigenvalue weighted by atomic mass is 10.1. The molecule has 0 unspecified atom stereocenters. The van der Waals surface area contributed by atoms with Crippen LogP contribution in [0.4, 0.5) is 0 Å². The van der Waals surface area contributed by atoms with E-state index in [2.05, 4.69) is 15.6 Å². The molecule has 3 rings (SSSR count). The average molecular weight is 362 g/mol. The minimum absolute atomic E-state index is 0.181. The maximum Gasteiger partial charge on any atom is 0.280 e. The summed E-state index contributed by atoms with van der Waals surface area (Å²) in [5.41, 5.74) is 5.43. The van der Waals surface area contributed by atoms with Crippen LogP contribution in [-0.4, -0.2) is 21.4 Å². The van der Waals surface area contributed by atoms with Gasteiger partial charge in [-0.1, -0.05) is 49.7 Å². The van der Waals surface area contributed by atoms with Crippen LogP contribution in [-0.2, 0) is 0 Å². The number of aromatic amines is 1. The number of rotatable bonds is 6. The van der Waals surface area contributed by atoms with Gasteiger partial charge in [-0.2, -0.15) is 5.10 Å². The molecule has 6 nitrogen and oxygen atoms in total. The van der Waals surface area contributed by atoms with E-state index >= 15 is 0 Å². The molecule has 6 heteroatoms. The number of carbonyl (C=O) groups excluding carboxylic acids is 1. The van der Waals surface area contributed by atoms with Gasteiger partial charge in [0.2, 0.25) is 0 Å². The van der Waals surface area contributed by atoms with Gasteiger partial charge >= 0.3 is 0 Å². The van der Waals surface area contributed by atoms with Crippen LogP contribution in [0.1, 0.15) is 41.4 Å². The van der Waals surface area contributed by atoms with Crippen molar-refractivity contribution < 1.29 is 4.79 Å². The molecular weight excluding hydrogens is 340 g/mol. The third-order valence-corrected chi connectivity index (χ3v) is 4.19. The van der Waals surface area contributed by atoms with Gasteiger partial charge in [-0.15, -0.1) is 0 Å². The molecule has 27 heavy (non-hydrogen) atoms. The lowest BCUT2D eigenvalue weighted by molar-refractivity contribution is 0.0954. The average Bonchev–Trinajstić information content (AvgIpc) is 3.00. The van der Waals surface area contributed by atoms with Gasteiger partial charge in [0.15, 0.2) is 0 Å². The maximum absolute atomic E-state index is 13.0. The van der Waals surface area contributed by atoms with Gasteiger partial charge in [-0.05, 0) is 37.6 Å². The second-order valence-electron chi connectivity index (χ2n) is 6.20. The van der Waals surface area contributed by atoms with Gasteiger partial charge in [-0.25, -0.2) is 10.1 Å². The summed E-state index contributed by atoms with van der Waals surface area (Å²) < 4.78 is 1.49. The summed E-state index contributed by atoms with van der Waals surface area (Å²) in [7, 11) is 0. The standard InChI is InChI=1S/C21H22N4O2/c1-3-10-18(22-23-20(26)16-11-6-4-7-12-16)19-15(2)24-25(21(19)27)17-13-8-5-9-14-17/h4-9,11-14,24H,3,10H2,1-2H3,(H,23,26)/b22-18+. The van der Waals surface area contributed by atoms with Crippen LogP contribution < -0.4 is 11.0 Å². The zero-order valence-electron chi connectivity index (χ0n) is 15.4. The van der Waals surface area contributed by atoms with E-state index in [-0.39, 0.29) is 11.5 Å². The maximum atomic E-state index is 13.0. The molecule has 0 fully saturated rings. The SMILES string of the molecule is CCC/C(=N\NC(=O)c1ccccc1)c1c(C)[nH]n(-c2ccccc2)c1=O. The van der Waals surface area contributed by atoms with Crippen LogP contribution >= 0.6 is 0 Å². The minimum atomic E-state index is -0.305. The lowest BCUT2D eigenvalue weighted by Gasteiger charge is -2.05. The molecule has 0 aliphatic rings. The molecule has 0 atom stereocenters. The van der Waals surface area contributed by atoms with E-state index in [4.69, 9.17) is 0 Å². The van der Waals surface area contributed by atoms with Crippen LogP contribution in [0.5, 0.6) is 0 Å². The molecule has 0 spiro atoms. The third-order valence-electron chi connectivity index (χ3n) is 4.19. The number of carbonyl (C=O) groups is 1. The van der Waals surface area contributed by atoms with E-state index in [1.54, 1.807) is 24.3 Å². The van der Waals surface area contributed by atoms with Gasteiger partial charge in [0.05, 0.1) is 17.0 Å². The monoisotopic (exact) mass is 362 g/mol. The van der Waals surface area contributed by atoms with Gasteiger partial charge in [-0.3, -0.25) is 14.7 Å². The van der Waals surface area contributed by atoms with Crippen LogP contribution in [0.3, 0.4) is 0 Å². The van der Waals surface area contributed by atoms with Gasteiger partial charge in [0.25, 0.3) is 11.5 Å². The summed E-state index contributed by atoms with van der Waals surface area (Å²) in [6, 6.07) is 18.2. The second kappa shape index (κ2) is 8.31. The van der Waals surface area contributed by atoms with Crippen LogP contribution in [0.2, 0.25) is 0 Å². The van der Waals surface area contributed by atoms with Crippen molar-refractivity contribution in [1.82, 2.24) is 15.2 Å². The predicted molar refractivity (Wildman–Crippen MR) is 106 cm³/mol. The number of hydrogen-bond donors (Lipinski definition) is 2. The number of hydrogen-bond acceptors (Lipinski definition) is 3. The molecule has 0 aliphatic carbocycles. The Morgan fingerprint density at radius 1 is 1.07 bits per heavy atom. The number of H-pyrrole nitrogens is 1. The number of nitrogens with one attached hydrogen (secondary N) is 2. The molecule has 0 saturated carbocycles. The first kappa shape index (κ1) is 18.4. The number of para-hydroxylation sites is 1. The van der Waals surface area contributed by atoms with Crippen LogP contribution in [0, 0.1) is 6.92 Å². The largest absolute Gasteiger partial charge is 0.295 e. The van der Waals surface area contributed by atoms with E-state index in [0.717, 1.165) is 12.1 Å². The third kappa shape index (κ3) is 4.06.